The lowest BCUT2D eigenvalue weighted by Gasteiger charge is -2.32. The normalized spacial score (nSPS) is 15.0. The number of amides is 1. The Labute approximate surface area is 189 Å². The number of unbranched alkanes of at least 4 members (excludes halogenated alkanes) is 3. The number of halogens is 1. The van der Waals surface area contributed by atoms with Crippen LogP contribution in [0.5, 0.6) is 0 Å². The van der Waals surface area contributed by atoms with Crippen LogP contribution in [0.4, 0.5) is 11.6 Å². The van der Waals surface area contributed by atoms with Crippen LogP contribution in [0.15, 0.2) is 0 Å². The fourth-order valence-electron chi connectivity index (χ4n) is 3.75. The van der Waals surface area contributed by atoms with E-state index in [-0.39, 0.29) is 28.4 Å². The SMILES string of the molecule is N=C(NCCCCC1CCN(CCCCCN)CC1)NC(=O)c1nc(Cl)c(N)nc1N. The molecule has 0 unspecified atom stereocenters. The first-order valence-corrected chi connectivity index (χ1v) is 11.4. The number of aromatic nitrogens is 2. The fourth-order valence-corrected chi connectivity index (χ4v) is 3.88. The van der Waals surface area contributed by atoms with Crippen LogP contribution in [0.25, 0.3) is 0 Å². The van der Waals surface area contributed by atoms with Crippen molar-refractivity contribution in [2.45, 2.75) is 51.4 Å². The van der Waals surface area contributed by atoms with Gasteiger partial charge in [-0.05, 0) is 64.2 Å². The number of nitrogens with two attached hydrogens (primary N) is 3. The van der Waals surface area contributed by atoms with E-state index >= 15 is 0 Å². The molecule has 0 atom stereocenters. The second-order valence-electron chi connectivity index (χ2n) is 8.02. The van der Waals surface area contributed by atoms with Gasteiger partial charge < -0.3 is 27.4 Å². The molecule has 1 aromatic heterocycles. The zero-order chi connectivity index (χ0) is 22.6. The van der Waals surface area contributed by atoms with Crippen LogP contribution in [0.3, 0.4) is 0 Å². The van der Waals surface area contributed by atoms with Gasteiger partial charge in [0.2, 0.25) is 0 Å². The Bertz CT molecular complexity index is 723. The summed E-state index contributed by atoms with van der Waals surface area (Å²) in [4.78, 5) is 22.3. The summed E-state index contributed by atoms with van der Waals surface area (Å²) in [5, 5.41) is 13.1. The highest BCUT2D eigenvalue weighted by atomic mass is 35.5. The Morgan fingerprint density at radius 1 is 1.10 bits per heavy atom. The Kier molecular flexibility index (Phi) is 10.8. The summed E-state index contributed by atoms with van der Waals surface area (Å²) in [5.41, 5.74) is 16.5. The minimum atomic E-state index is -0.654. The van der Waals surface area contributed by atoms with Gasteiger partial charge in [-0.2, -0.15) is 0 Å². The third kappa shape index (κ3) is 8.84. The molecule has 1 amide bonds. The first-order chi connectivity index (χ1) is 14.9. The summed E-state index contributed by atoms with van der Waals surface area (Å²) in [6, 6.07) is 0. The van der Waals surface area contributed by atoms with Gasteiger partial charge in [0.1, 0.15) is 0 Å². The molecule has 1 saturated heterocycles. The summed E-state index contributed by atoms with van der Waals surface area (Å²) < 4.78 is 0. The van der Waals surface area contributed by atoms with E-state index in [4.69, 9.17) is 34.2 Å². The molecule has 9 N–H and O–H groups in total. The molecular formula is C20H36ClN9O. The van der Waals surface area contributed by atoms with Crippen molar-refractivity contribution in [2.75, 3.05) is 44.2 Å². The molecule has 31 heavy (non-hydrogen) atoms. The van der Waals surface area contributed by atoms with E-state index in [0.717, 1.165) is 31.7 Å². The first-order valence-electron chi connectivity index (χ1n) is 11.1. The molecule has 0 radical (unpaired) electrons. The second kappa shape index (κ2) is 13.3. The van der Waals surface area contributed by atoms with E-state index in [1.54, 1.807) is 0 Å². The lowest BCUT2D eigenvalue weighted by molar-refractivity contribution is 0.0971. The van der Waals surface area contributed by atoms with Gasteiger partial charge in [0, 0.05) is 6.54 Å². The Hall–Kier alpha value is -2.17. The number of rotatable bonds is 11. The van der Waals surface area contributed by atoms with Crippen molar-refractivity contribution < 1.29 is 4.79 Å². The number of piperidine rings is 1. The summed E-state index contributed by atoms with van der Waals surface area (Å²) in [6.45, 7) is 5.00. The summed E-state index contributed by atoms with van der Waals surface area (Å²) in [5.74, 6) is -0.150. The van der Waals surface area contributed by atoms with Crippen molar-refractivity contribution in [3.05, 3.63) is 10.8 Å². The number of nitrogen functional groups attached to an aromatic ring is 2. The van der Waals surface area contributed by atoms with Crippen LogP contribution in [-0.4, -0.2) is 59.5 Å². The summed E-state index contributed by atoms with van der Waals surface area (Å²) in [6.07, 6.45) is 9.39. The maximum atomic E-state index is 12.2. The highest BCUT2D eigenvalue weighted by Gasteiger charge is 2.19. The lowest BCUT2D eigenvalue weighted by atomic mass is 9.91. The molecule has 0 aromatic carbocycles. The fraction of sp³-hybridized carbons (Fsp3) is 0.700. The highest BCUT2D eigenvalue weighted by Crippen LogP contribution is 2.22. The van der Waals surface area contributed by atoms with Crippen molar-refractivity contribution in [3.63, 3.8) is 0 Å². The van der Waals surface area contributed by atoms with E-state index in [2.05, 4.69) is 25.5 Å². The van der Waals surface area contributed by atoms with Crippen molar-refractivity contribution in [3.8, 4) is 0 Å². The largest absolute Gasteiger partial charge is 0.382 e. The Morgan fingerprint density at radius 2 is 1.84 bits per heavy atom. The van der Waals surface area contributed by atoms with Crippen molar-refractivity contribution >= 4 is 35.1 Å². The van der Waals surface area contributed by atoms with Gasteiger partial charge in [-0.1, -0.05) is 30.9 Å². The van der Waals surface area contributed by atoms with Crippen LogP contribution in [0.2, 0.25) is 5.15 Å². The van der Waals surface area contributed by atoms with Crippen LogP contribution >= 0.6 is 11.6 Å². The van der Waals surface area contributed by atoms with Crippen LogP contribution in [-0.2, 0) is 0 Å². The zero-order valence-corrected chi connectivity index (χ0v) is 18.9. The molecule has 2 rings (SSSR count). The van der Waals surface area contributed by atoms with Gasteiger partial charge >= 0.3 is 0 Å². The molecule has 1 aromatic rings. The van der Waals surface area contributed by atoms with E-state index in [9.17, 15) is 4.79 Å². The Morgan fingerprint density at radius 3 is 2.55 bits per heavy atom. The maximum absolute atomic E-state index is 12.2. The van der Waals surface area contributed by atoms with E-state index in [0.29, 0.717) is 6.54 Å². The molecule has 1 aliphatic heterocycles. The number of nitrogens with zero attached hydrogens (tertiary/aromatic N) is 3. The second-order valence-corrected chi connectivity index (χ2v) is 8.38. The maximum Gasteiger partial charge on any atom is 0.280 e. The van der Waals surface area contributed by atoms with E-state index in [1.807, 2.05) is 0 Å². The average molecular weight is 454 g/mol. The van der Waals surface area contributed by atoms with E-state index < -0.39 is 5.91 Å². The van der Waals surface area contributed by atoms with Crippen LogP contribution in [0, 0.1) is 11.3 Å². The van der Waals surface area contributed by atoms with Crippen molar-refractivity contribution in [2.24, 2.45) is 11.7 Å². The molecule has 0 bridgehead atoms. The molecule has 174 valence electrons. The number of carbonyl (C=O) groups is 1. The average Bonchev–Trinajstić information content (AvgIpc) is 2.74. The van der Waals surface area contributed by atoms with Gasteiger partial charge in [0.05, 0.1) is 0 Å². The minimum Gasteiger partial charge on any atom is -0.382 e. The number of guanidine groups is 1. The predicted molar refractivity (Wildman–Crippen MR) is 125 cm³/mol. The third-order valence-electron chi connectivity index (χ3n) is 5.58. The number of carbonyl (C=O) groups excluding carboxylic acids is 1. The summed E-state index contributed by atoms with van der Waals surface area (Å²) >= 11 is 5.78. The van der Waals surface area contributed by atoms with Crippen LogP contribution < -0.4 is 27.8 Å². The monoisotopic (exact) mass is 453 g/mol. The molecule has 0 saturated carbocycles. The predicted octanol–water partition coefficient (Wildman–Crippen LogP) is 1.56. The van der Waals surface area contributed by atoms with Crippen molar-refractivity contribution in [1.82, 2.24) is 25.5 Å². The molecule has 11 heteroatoms. The molecule has 1 aliphatic rings. The minimum absolute atomic E-state index is 0.0443. The molecule has 10 nitrogen and oxygen atoms in total. The van der Waals surface area contributed by atoms with Gasteiger partial charge in [-0.25, -0.2) is 9.97 Å². The topological polar surface area (TPSA) is 172 Å². The van der Waals surface area contributed by atoms with Gasteiger partial charge in [0.25, 0.3) is 5.91 Å². The Balaban J connectivity index is 1.55. The van der Waals surface area contributed by atoms with E-state index in [1.165, 1.54) is 51.7 Å². The quantitative estimate of drug-likeness (QED) is 0.166. The highest BCUT2D eigenvalue weighted by molar-refractivity contribution is 6.31. The number of hydrogen-bond donors (Lipinski definition) is 6. The third-order valence-corrected chi connectivity index (χ3v) is 5.86. The molecule has 0 spiro atoms. The smallest absolute Gasteiger partial charge is 0.280 e. The molecule has 2 heterocycles. The lowest BCUT2D eigenvalue weighted by Crippen LogP contribution is -2.41. The molecule has 1 fully saturated rings. The number of likely N-dealkylation sites (tertiary alicyclic amines) is 1. The number of anilines is 2. The van der Waals surface area contributed by atoms with Gasteiger partial charge in [-0.3, -0.25) is 15.5 Å². The first kappa shape index (κ1) is 25.1. The van der Waals surface area contributed by atoms with Gasteiger partial charge in [0.15, 0.2) is 28.4 Å². The summed E-state index contributed by atoms with van der Waals surface area (Å²) in [7, 11) is 0. The van der Waals surface area contributed by atoms with Crippen LogP contribution in [0.1, 0.15) is 61.9 Å². The number of nitrogens with one attached hydrogen (secondary N) is 3. The van der Waals surface area contributed by atoms with Gasteiger partial charge in [-0.15, -0.1) is 0 Å². The number of hydrogen-bond acceptors (Lipinski definition) is 8. The standard InChI is InChI=1S/C20H36ClN9O/c21-16-18(24)28-17(23)15(27-16)19(31)29-20(25)26-10-4-2-6-14-7-12-30(13-8-14)11-5-1-3-9-22/h14H,1-13,22H2,(H4,23,24,28)(H3,25,26,29,31). The zero-order valence-electron chi connectivity index (χ0n) is 18.1. The molecular weight excluding hydrogens is 418 g/mol. The van der Waals surface area contributed by atoms with Crippen molar-refractivity contribution in [1.29, 1.82) is 5.41 Å². The molecule has 0 aliphatic carbocycles.